The molecule has 0 aromatic rings. The zero-order chi connectivity index (χ0) is 10.8. The van der Waals surface area contributed by atoms with Crippen molar-refractivity contribution < 1.29 is 4.74 Å². The van der Waals surface area contributed by atoms with Crippen LogP contribution in [0.4, 0.5) is 0 Å². The highest BCUT2D eigenvalue weighted by Gasteiger charge is 2.61. The van der Waals surface area contributed by atoms with Crippen molar-refractivity contribution in [3.63, 3.8) is 0 Å². The van der Waals surface area contributed by atoms with Crippen molar-refractivity contribution in [2.75, 3.05) is 6.61 Å². The average molecular weight is 208 g/mol. The molecule has 1 saturated heterocycles. The minimum atomic E-state index is 0.146. The third-order valence-electron chi connectivity index (χ3n) is 5.75. The second kappa shape index (κ2) is 2.80. The van der Waals surface area contributed by atoms with Gasteiger partial charge in [-0.3, -0.25) is 0 Å². The van der Waals surface area contributed by atoms with Gasteiger partial charge in [0.2, 0.25) is 0 Å². The van der Waals surface area contributed by atoms with E-state index in [9.17, 15) is 0 Å². The van der Waals surface area contributed by atoms with Gasteiger partial charge in [0.05, 0.1) is 12.2 Å². The summed E-state index contributed by atoms with van der Waals surface area (Å²) in [7, 11) is 0. The minimum absolute atomic E-state index is 0.146. The lowest BCUT2D eigenvalue weighted by Gasteiger charge is -2.39. The lowest BCUT2D eigenvalue weighted by atomic mass is 9.64. The third-order valence-corrected chi connectivity index (χ3v) is 5.75. The van der Waals surface area contributed by atoms with E-state index in [-0.39, 0.29) is 5.60 Å². The Labute approximate surface area is 93.6 Å². The number of fused-ring (bicyclic) bond motifs is 3. The molecule has 3 rings (SSSR count). The van der Waals surface area contributed by atoms with E-state index in [1.807, 2.05) is 0 Å². The van der Waals surface area contributed by atoms with Crippen LogP contribution in [0.1, 0.15) is 47.0 Å². The molecule has 2 aliphatic carbocycles. The Bertz CT molecular complexity index is 281. The molecule has 1 aliphatic heterocycles. The van der Waals surface area contributed by atoms with Crippen LogP contribution in [0.25, 0.3) is 0 Å². The average Bonchev–Trinajstić information content (AvgIpc) is 2.72. The van der Waals surface area contributed by atoms with E-state index in [1.165, 1.54) is 19.3 Å². The summed E-state index contributed by atoms with van der Waals surface area (Å²) in [5, 5.41) is 0. The van der Waals surface area contributed by atoms with Gasteiger partial charge in [0.15, 0.2) is 0 Å². The van der Waals surface area contributed by atoms with E-state index in [0.29, 0.717) is 5.41 Å². The van der Waals surface area contributed by atoms with Gasteiger partial charge < -0.3 is 4.74 Å². The van der Waals surface area contributed by atoms with Gasteiger partial charge in [-0.2, -0.15) is 0 Å². The molecule has 0 N–H and O–H groups in total. The highest BCUT2D eigenvalue weighted by Crippen LogP contribution is 2.65. The molecule has 86 valence electrons. The largest absolute Gasteiger partial charge is 0.375 e. The minimum Gasteiger partial charge on any atom is -0.375 e. The molecule has 2 saturated carbocycles. The van der Waals surface area contributed by atoms with Gasteiger partial charge >= 0.3 is 0 Å². The van der Waals surface area contributed by atoms with Crippen molar-refractivity contribution >= 4 is 0 Å². The molecule has 3 aliphatic rings. The van der Waals surface area contributed by atoms with Gasteiger partial charge in [-0.25, -0.2) is 0 Å². The molecule has 2 bridgehead atoms. The highest BCUT2D eigenvalue weighted by molar-refractivity contribution is 5.09. The first-order valence-corrected chi connectivity index (χ1v) is 6.58. The van der Waals surface area contributed by atoms with Crippen LogP contribution < -0.4 is 0 Å². The second-order valence-corrected chi connectivity index (χ2v) is 7.11. The zero-order valence-corrected chi connectivity index (χ0v) is 10.5. The monoisotopic (exact) mass is 208 g/mol. The molecule has 1 heterocycles. The van der Waals surface area contributed by atoms with Gasteiger partial charge in [-0.15, -0.1) is 0 Å². The lowest BCUT2D eigenvalue weighted by molar-refractivity contribution is 0.0197. The summed E-state index contributed by atoms with van der Waals surface area (Å²) in [5.41, 5.74) is 0.716. The Balaban J connectivity index is 1.86. The number of hydrogen-bond acceptors (Lipinski definition) is 1. The predicted octanol–water partition coefficient (Wildman–Crippen LogP) is 3.48. The molecule has 0 radical (unpaired) electrons. The van der Waals surface area contributed by atoms with Crippen molar-refractivity contribution in [3.05, 3.63) is 0 Å². The molecule has 1 spiro atoms. The summed E-state index contributed by atoms with van der Waals surface area (Å²) >= 11 is 0. The van der Waals surface area contributed by atoms with E-state index < -0.39 is 0 Å². The SMILES string of the molecule is CC1C2CC(C1C)C1(COC(C)(C)C1)C2. The summed E-state index contributed by atoms with van der Waals surface area (Å²) in [6, 6.07) is 0. The predicted molar refractivity (Wildman–Crippen MR) is 61.6 cm³/mol. The van der Waals surface area contributed by atoms with Crippen LogP contribution >= 0.6 is 0 Å². The van der Waals surface area contributed by atoms with Crippen molar-refractivity contribution in [2.45, 2.75) is 52.6 Å². The quantitative estimate of drug-likeness (QED) is 0.592. The van der Waals surface area contributed by atoms with Gasteiger partial charge in [0.1, 0.15) is 0 Å². The van der Waals surface area contributed by atoms with E-state index in [4.69, 9.17) is 4.74 Å². The van der Waals surface area contributed by atoms with Crippen LogP contribution in [0.5, 0.6) is 0 Å². The Hall–Kier alpha value is -0.0400. The zero-order valence-electron chi connectivity index (χ0n) is 10.5. The third kappa shape index (κ3) is 1.25. The molecular formula is C14H24O. The maximum Gasteiger partial charge on any atom is 0.0633 e. The van der Waals surface area contributed by atoms with Gasteiger partial charge in [-0.1, -0.05) is 13.8 Å². The summed E-state index contributed by atoms with van der Waals surface area (Å²) < 4.78 is 6.01. The van der Waals surface area contributed by atoms with Gasteiger partial charge in [0, 0.05) is 0 Å². The van der Waals surface area contributed by atoms with E-state index in [2.05, 4.69) is 27.7 Å². The maximum atomic E-state index is 6.01. The van der Waals surface area contributed by atoms with Crippen LogP contribution in [0, 0.1) is 29.1 Å². The van der Waals surface area contributed by atoms with Crippen LogP contribution in [-0.2, 0) is 4.74 Å². The smallest absolute Gasteiger partial charge is 0.0633 e. The molecule has 15 heavy (non-hydrogen) atoms. The Morgan fingerprint density at radius 1 is 1.13 bits per heavy atom. The van der Waals surface area contributed by atoms with Crippen molar-refractivity contribution in [2.24, 2.45) is 29.1 Å². The Morgan fingerprint density at radius 3 is 2.33 bits per heavy atom. The molecule has 0 aromatic heterocycles. The van der Waals surface area contributed by atoms with E-state index >= 15 is 0 Å². The molecule has 5 atom stereocenters. The molecule has 5 unspecified atom stereocenters. The number of rotatable bonds is 0. The van der Waals surface area contributed by atoms with Crippen LogP contribution in [0.3, 0.4) is 0 Å². The first-order chi connectivity index (χ1) is 6.94. The molecule has 0 aromatic carbocycles. The summed E-state index contributed by atoms with van der Waals surface area (Å²) in [6.07, 6.45) is 4.24. The fraction of sp³-hybridized carbons (Fsp3) is 1.00. The summed E-state index contributed by atoms with van der Waals surface area (Å²) in [4.78, 5) is 0. The van der Waals surface area contributed by atoms with Crippen LogP contribution in [-0.4, -0.2) is 12.2 Å². The standard InChI is InChI=1S/C14H24O/c1-9-10(2)12-5-11(9)6-14(12)7-13(3,4)15-8-14/h9-12H,5-8H2,1-4H3. The van der Waals surface area contributed by atoms with Crippen LogP contribution in [0.2, 0.25) is 0 Å². The highest BCUT2D eigenvalue weighted by atomic mass is 16.5. The van der Waals surface area contributed by atoms with Gasteiger partial charge in [0.25, 0.3) is 0 Å². The fourth-order valence-electron chi connectivity index (χ4n) is 4.96. The Kier molecular flexibility index (Phi) is 1.89. The summed E-state index contributed by atoms with van der Waals surface area (Å²) in [5.74, 6) is 3.85. The van der Waals surface area contributed by atoms with Crippen molar-refractivity contribution in [1.29, 1.82) is 0 Å². The summed E-state index contributed by atoms with van der Waals surface area (Å²) in [6.45, 7) is 10.5. The molecule has 3 fully saturated rings. The first-order valence-electron chi connectivity index (χ1n) is 6.58. The fourth-order valence-corrected chi connectivity index (χ4v) is 4.96. The topological polar surface area (TPSA) is 9.23 Å². The molecule has 0 amide bonds. The maximum absolute atomic E-state index is 6.01. The number of ether oxygens (including phenoxy) is 1. The molecular weight excluding hydrogens is 184 g/mol. The van der Waals surface area contributed by atoms with Crippen molar-refractivity contribution in [1.82, 2.24) is 0 Å². The normalized spacial score (nSPS) is 56.8. The first kappa shape index (κ1) is 10.1. The lowest BCUT2D eigenvalue weighted by Crippen LogP contribution is -2.36. The van der Waals surface area contributed by atoms with Gasteiger partial charge in [-0.05, 0) is 62.2 Å². The van der Waals surface area contributed by atoms with Crippen molar-refractivity contribution in [3.8, 4) is 0 Å². The van der Waals surface area contributed by atoms with Crippen LogP contribution in [0.15, 0.2) is 0 Å². The van der Waals surface area contributed by atoms with E-state index in [1.54, 1.807) is 0 Å². The second-order valence-electron chi connectivity index (χ2n) is 7.11. The molecule has 1 heteroatoms. The molecule has 1 nitrogen and oxygen atoms in total. The van der Waals surface area contributed by atoms with E-state index in [0.717, 1.165) is 30.3 Å². The number of hydrogen-bond donors (Lipinski definition) is 0. The Morgan fingerprint density at radius 2 is 1.87 bits per heavy atom.